The van der Waals surface area contributed by atoms with Gasteiger partial charge in [-0.2, -0.15) is 39.5 Å². The topological polar surface area (TPSA) is 256 Å². The van der Waals surface area contributed by atoms with Crippen molar-refractivity contribution in [2.24, 2.45) is 0 Å². The highest BCUT2D eigenvalue weighted by Gasteiger charge is 2.65. The fourth-order valence-electron chi connectivity index (χ4n) is 13.9. The summed E-state index contributed by atoms with van der Waals surface area (Å²) in [7, 11) is 0. The van der Waals surface area contributed by atoms with Gasteiger partial charge in [-0.15, -0.1) is 0 Å². The van der Waals surface area contributed by atoms with Crippen LogP contribution in [0.1, 0.15) is 145 Å². The van der Waals surface area contributed by atoms with E-state index < -0.39 is 153 Å². The highest BCUT2D eigenvalue weighted by atomic mass is 19.4. The minimum atomic E-state index is -5.13. The van der Waals surface area contributed by atoms with E-state index in [0.29, 0.717) is 5.39 Å². The van der Waals surface area contributed by atoms with Gasteiger partial charge in [-0.3, -0.25) is 14.4 Å². The molecule has 0 radical (unpaired) electrons. The van der Waals surface area contributed by atoms with Gasteiger partial charge in [-0.05, 0) is 167 Å². The summed E-state index contributed by atoms with van der Waals surface area (Å²) < 4.78 is 200. The first-order valence-electron chi connectivity index (χ1n) is 30.7. The molecular weight excluding hydrogens is 1320 g/mol. The number of phenols is 3. The molecule has 3 aliphatic rings. The van der Waals surface area contributed by atoms with E-state index in [1.165, 1.54) is 69.4 Å². The normalized spacial score (nSPS) is 23.0. The average molecular weight is 1390 g/mol. The SMILES string of the molecule is CC[C@@H]1C[C@](O)(C(F)(F)F)[C@@H](Nc2cc(F)cc3[nH]c(=O)ccc23)c2cc(F)c(C)c(O)c21.CC[C@@H]1C[C@](O)(C(F)(F)F)[C@@H](Nc2ccc(F)c3[nH]c(=O)ccc23)c2cc(F)c(C)c(O)c21.CC[C@@H]1C[C@](O)(C(F)(F)F)[C@@H](Nc2cccc3c(=O)[nH]ccc23)c2cc(F)c(C)c(O)c21. The second kappa shape index (κ2) is 25.8. The van der Waals surface area contributed by atoms with E-state index in [0.717, 1.165) is 48.5 Å². The molecule has 12 N–H and O–H groups in total. The molecule has 0 saturated heterocycles. The summed E-state index contributed by atoms with van der Waals surface area (Å²) in [5.74, 6) is -8.32. The van der Waals surface area contributed by atoms with Crippen LogP contribution in [0.3, 0.4) is 0 Å². The molecule has 0 saturated carbocycles. The van der Waals surface area contributed by atoms with E-state index in [4.69, 9.17) is 0 Å². The van der Waals surface area contributed by atoms with E-state index in [1.807, 2.05) is 0 Å². The first kappa shape index (κ1) is 71.4. The molecule has 3 aliphatic carbocycles. The van der Waals surface area contributed by atoms with E-state index in [2.05, 4.69) is 30.9 Å². The van der Waals surface area contributed by atoms with Gasteiger partial charge in [0.2, 0.25) is 11.1 Å². The Labute approximate surface area is 546 Å². The number of pyridine rings is 3. The van der Waals surface area contributed by atoms with Crippen LogP contribution in [-0.2, 0) is 0 Å². The number of nitrogens with one attached hydrogen (secondary N) is 6. The van der Waals surface area contributed by atoms with Crippen LogP contribution in [0.2, 0.25) is 0 Å². The summed E-state index contributed by atoms with van der Waals surface area (Å²) >= 11 is 0. The van der Waals surface area contributed by atoms with Crippen molar-refractivity contribution < 1.29 is 92.1 Å². The number of halogens is 14. The zero-order chi connectivity index (χ0) is 72.0. The number of aromatic hydroxyl groups is 3. The number of benzene rings is 6. The lowest BCUT2D eigenvalue weighted by atomic mass is 9.68. The minimum absolute atomic E-state index is 0.0169. The van der Waals surface area contributed by atoms with Gasteiger partial charge in [0.1, 0.15) is 46.3 Å². The molecule has 0 unspecified atom stereocenters. The Morgan fingerprint density at radius 3 is 1.28 bits per heavy atom. The highest BCUT2D eigenvalue weighted by Crippen LogP contribution is 2.60. The number of rotatable bonds is 9. The number of H-pyrrole nitrogens is 3. The molecule has 9 aromatic rings. The number of phenolic OH excluding ortho intramolecular Hbond substituents is 3. The summed E-state index contributed by atoms with van der Waals surface area (Å²) in [6, 6.07) is 11.8. The molecule has 3 aromatic heterocycles. The Hall–Kier alpha value is -9.35. The molecule has 0 aliphatic heterocycles. The van der Waals surface area contributed by atoms with Gasteiger partial charge in [0, 0.05) is 90.3 Å². The van der Waals surface area contributed by atoms with Crippen molar-refractivity contribution in [3.05, 3.63) is 207 Å². The Balaban J connectivity index is 0.000000159. The fraction of sp³-hybridized carbons (Fsp3) is 0.348. The third-order valence-corrected chi connectivity index (χ3v) is 19.3. The summed E-state index contributed by atoms with van der Waals surface area (Å²) in [4.78, 5) is 42.5. The number of alkyl halides is 9. The predicted octanol–water partition coefficient (Wildman–Crippen LogP) is 15.4. The predicted molar refractivity (Wildman–Crippen MR) is 337 cm³/mol. The van der Waals surface area contributed by atoms with Gasteiger partial charge in [0.15, 0.2) is 16.8 Å². The molecule has 9 atom stereocenters. The third kappa shape index (κ3) is 12.3. The fourth-order valence-corrected chi connectivity index (χ4v) is 13.9. The Morgan fingerprint density at radius 1 is 0.459 bits per heavy atom. The molecule has 6 aromatic carbocycles. The van der Waals surface area contributed by atoms with Gasteiger partial charge < -0.3 is 61.5 Å². The van der Waals surface area contributed by atoms with Crippen molar-refractivity contribution in [2.45, 2.75) is 151 Å². The van der Waals surface area contributed by atoms with Crippen LogP contribution in [0.15, 0.2) is 112 Å². The summed E-state index contributed by atoms with van der Waals surface area (Å²) in [5.41, 5.74) is -12.2. The van der Waals surface area contributed by atoms with Crippen LogP contribution in [-0.4, -0.2) is 80.9 Å². The number of aromatic nitrogens is 3. The number of hydrogen-bond donors (Lipinski definition) is 12. The number of fused-ring (bicyclic) bond motifs is 6. The van der Waals surface area contributed by atoms with Crippen LogP contribution >= 0.6 is 0 Å². The lowest BCUT2D eigenvalue weighted by Crippen LogP contribution is -2.55. The second-order valence-electron chi connectivity index (χ2n) is 24.9. The van der Waals surface area contributed by atoms with Crippen molar-refractivity contribution >= 4 is 49.6 Å². The maximum Gasteiger partial charge on any atom is 0.419 e. The van der Waals surface area contributed by atoms with Crippen LogP contribution in [0, 0.1) is 49.9 Å². The van der Waals surface area contributed by atoms with E-state index in [-0.39, 0.29) is 114 Å². The van der Waals surface area contributed by atoms with Crippen LogP contribution in [0.5, 0.6) is 17.2 Å². The maximum absolute atomic E-state index is 14.6. The summed E-state index contributed by atoms with van der Waals surface area (Å²) in [5, 5.41) is 73.5. The minimum Gasteiger partial charge on any atom is -0.507 e. The molecule has 29 heteroatoms. The zero-order valence-electron chi connectivity index (χ0n) is 52.6. The first-order valence-corrected chi connectivity index (χ1v) is 30.7. The van der Waals surface area contributed by atoms with Gasteiger partial charge in [0.25, 0.3) is 5.56 Å². The summed E-state index contributed by atoms with van der Waals surface area (Å²) in [6.45, 7) is 8.83. The smallest absolute Gasteiger partial charge is 0.419 e. The quantitative estimate of drug-likeness (QED) is 0.0603. The molecule has 0 bridgehead atoms. The van der Waals surface area contributed by atoms with E-state index in [1.54, 1.807) is 20.8 Å². The molecule has 98 heavy (non-hydrogen) atoms. The van der Waals surface area contributed by atoms with Crippen LogP contribution < -0.4 is 32.6 Å². The third-order valence-electron chi connectivity index (χ3n) is 19.3. The van der Waals surface area contributed by atoms with Crippen molar-refractivity contribution in [1.29, 1.82) is 0 Å². The standard InChI is InChI=1S/2C23H21F5N2O3.C23H22F4N2O3/c1-3-11-9-22(33,23(26,27)28)21(13-8-15(25)10(2)20(32)18(11)13)29-16-6-5-14(24)19-12(16)4-7-17(31)30-19;1-3-11-9-22(33,23(26,27)28)21(14-8-15(25)10(2)20(32)19(11)14)30-17-7-12(24)6-16-13(17)4-5-18(31)29-16;1-3-12-10-22(32,23(25,26)27)20(15-9-16(24)11(2)19(30)18(12)15)29-17-6-4-5-14-13(17)7-8-28-21(14)31/h4-8,11,21,29,32-33H,3,9H2,1-2H3,(H,30,31);4-8,11,21,30,32-33H,3,9H2,1-2H3,(H,29,31);4-9,12,20,29-30,32H,3,10H2,1-2H3,(H,28,31)/t2*11-,21+,22-;12-,20+,22-/m111/s1. The largest absolute Gasteiger partial charge is 0.507 e. The average Bonchev–Trinajstić information content (AvgIpc) is 0.733. The molecule has 0 amide bonds. The molecule has 12 rings (SSSR count). The first-order chi connectivity index (χ1) is 45.7. The Kier molecular flexibility index (Phi) is 18.8. The monoisotopic (exact) mass is 1390 g/mol. The number of aromatic amines is 3. The van der Waals surface area contributed by atoms with Gasteiger partial charge in [-0.25, -0.2) is 22.0 Å². The van der Waals surface area contributed by atoms with Gasteiger partial charge in [-0.1, -0.05) is 26.8 Å². The molecule has 3 heterocycles. The van der Waals surface area contributed by atoms with Crippen LogP contribution in [0.25, 0.3) is 32.6 Å². The Morgan fingerprint density at radius 2 is 0.857 bits per heavy atom. The second-order valence-corrected chi connectivity index (χ2v) is 24.9. The van der Waals surface area contributed by atoms with E-state index >= 15 is 0 Å². The Bertz CT molecular complexity index is 4810. The number of hydrogen-bond acceptors (Lipinski definition) is 12. The molecule has 0 fully saturated rings. The summed E-state index contributed by atoms with van der Waals surface area (Å²) in [6.07, 6.45) is -15.7. The highest BCUT2D eigenvalue weighted by molar-refractivity contribution is 5.94. The molecule has 0 spiro atoms. The van der Waals surface area contributed by atoms with Crippen LogP contribution in [0.4, 0.5) is 78.5 Å². The molecule has 15 nitrogen and oxygen atoms in total. The molecular formula is C69H64F14N6O9. The van der Waals surface area contributed by atoms with E-state index in [9.17, 15) is 106 Å². The van der Waals surface area contributed by atoms with Gasteiger partial charge in [0.05, 0.1) is 29.2 Å². The van der Waals surface area contributed by atoms with Crippen molar-refractivity contribution in [3.8, 4) is 17.2 Å². The number of aliphatic hydroxyl groups is 3. The maximum atomic E-state index is 14.6. The lowest BCUT2D eigenvalue weighted by Gasteiger charge is -2.46. The lowest BCUT2D eigenvalue weighted by molar-refractivity contribution is -0.273. The molecule has 522 valence electrons. The number of anilines is 3. The van der Waals surface area contributed by atoms with Crippen molar-refractivity contribution in [3.63, 3.8) is 0 Å². The zero-order valence-corrected chi connectivity index (χ0v) is 52.6. The van der Waals surface area contributed by atoms with Gasteiger partial charge >= 0.3 is 18.5 Å². The van der Waals surface area contributed by atoms with Crippen molar-refractivity contribution in [2.75, 3.05) is 16.0 Å². The van der Waals surface area contributed by atoms with Crippen molar-refractivity contribution in [1.82, 2.24) is 15.0 Å².